The molecule has 0 aliphatic carbocycles. The molecule has 1 N–H and O–H groups in total. The molecule has 1 unspecified atom stereocenters. The normalized spacial score (nSPS) is 12.2. The van der Waals surface area contributed by atoms with Gasteiger partial charge in [-0.05, 0) is 37.6 Å². The first-order valence-electron chi connectivity index (χ1n) is 7.72. The van der Waals surface area contributed by atoms with Crippen LogP contribution in [0.25, 0.3) is 0 Å². The van der Waals surface area contributed by atoms with Gasteiger partial charge in [-0.3, -0.25) is 14.2 Å². The van der Waals surface area contributed by atoms with E-state index < -0.39 is 6.04 Å². The average Bonchev–Trinajstić information content (AvgIpc) is 3.15. The predicted molar refractivity (Wildman–Crippen MR) is 93.0 cm³/mol. The molecule has 0 saturated carbocycles. The summed E-state index contributed by atoms with van der Waals surface area (Å²) >= 11 is 6.16. The maximum absolute atomic E-state index is 13.0. The van der Waals surface area contributed by atoms with Crippen LogP contribution in [0, 0.1) is 12.7 Å². The number of nitrogens with zero attached hydrogens (tertiary/aromatic N) is 4. The van der Waals surface area contributed by atoms with Crippen molar-refractivity contribution >= 4 is 23.3 Å². The minimum Gasteiger partial charge on any atom is -0.306 e. The number of nitrogens with one attached hydrogen (secondary N) is 1. The standard InChI is InChI=1S/C17H17ClFN5O/c1-11-7-8-20-24(11)12(2)17(25)21-16-15(18)10-23(22-16)9-13-3-5-14(19)6-4-13/h3-8,10,12H,9H2,1-2H3,(H,21,22,25). The second kappa shape index (κ2) is 7.06. The molecule has 0 bridgehead atoms. The van der Waals surface area contributed by atoms with Gasteiger partial charge in [-0.25, -0.2) is 4.39 Å². The molecule has 1 amide bonds. The van der Waals surface area contributed by atoms with E-state index in [-0.39, 0.29) is 17.5 Å². The zero-order valence-electron chi connectivity index (χ0n) is 13.8. The lowest BCUT2D eigenvalue weighted by Crippen LogP contribution is -2.25. The van der Waals surface area contributed by atoms with E-state index in [1.165, 1.54) is 12.1 Å². The summed E-state index contributed by atoms with van der Waals surface area (Å²) < 4.78 is 16.2. The number of amides is 1. The van der Waals surface area contributed by atoms with Crippen LogP contribution in [0.2, 0.25) is 5.02 Å². The van der Waals surface area contributed by atoms with Crippen LogP contribution in [0.3, 0.4) is 0 Å². The van der Waals surface area contributed by atoms with E-state index in [2.05, 4.69) is 15.5 Å². The van der Waals surface area contributed by atoms with Crippen molar-refractivity contribution in [3.05, 3.63) is 64.8 Å². The van der Waals surface area contributed by atoms with E-state index in [0.29, 0.717) is 11.6 Å². The summed E-state index contributed by atoms with van der Waals surface area (Å²) in [5, 5.41) is 11.5. The molecule has 6 nitrogen and oxygen atoms in total. The number of halogens is 2. The van der Waals surface area contributed by atoms with Crippen molar-refractivity contribution in [2.45, 2.75) is 26.4 Å². The van der Waals surface area contributed by atoms with Gasteiger partial charge in [-0.2, -0.15) is 10.2 Å². The predicted octanol–water partition coefficient (Wildman–Crippen LogP) is 3.43. The van der Waals surface area contributed by atoms with Crippen molar-refractivity contribution in [1.82, 2.24) is 19.6 Å². The molecule has 8 heteroatoms. The van der Waals surface area contributed by atoms with Crippen molar-refractivity contribution in [2.24, 2.45) is 0 Å². The van der Waals surface area contributed by atoms with E-state index in [1.807, 2.05) is 13.0 Å². The van der Waals surface area contributed by atoms with Crippen LogP contribution in [0.15, 0.2) is 42.7 Å². The summed E-state index contributed by atoms with van der Waals surface area (Å²) in [6.45, 7) is 4.05. The van der Waals surface area contributed by atoms with Crippen LogP contribution in [-0.4, -0.2) is 25.5 Å². The summed E-state index contributed by atoms with van der Waals surface area (Å²) in [5.74, 6) is -0.274. The third-order valence-corrected chi connectivity index (χ3v) is 4.11. The molecule has 0 aliphatic heterocycles. The van der Waals surface area contributed by atoms with Gasteiger partial charge < -0.3 is 5.32 Å². The maximum Gasteiger partial charge on any atom is 0.250 e. The first kappa shape index (κ1) is 17.2. The molecule has 130 valence electrons. The van der Waals surface area contributed by atoms with Crippen molar-refractivity contribution in [2.75, 3.05) is 5.32 Å². The van der Waals surface area contributed by atoms with Gasteiger partial charge in [0, 0.05) is 18.1 Å². The number of carbonyl (C=O) groups is 1. The highest BCUT2D eigenvalue weighted by molar-refractivity contribution is 6.33. The van der Waals surface area contributed by atoms with Crippen molar-refractivity contribution in [3.63, 3.8) is 0 Å². The second-order valence-corrected chi connectivity index (χ2v) is 6.14. The fourth-order valence-electron chi connectivity index (χ4n) is 2.46. The van der Waals surface area contributed by atoms with E-state index >= 15 is 0 Å². The van der Waals surface area contributed by atoms with Crippen LogP contribution in [0.5, 0.6) is 0 Å². The van der Waals surface area contributed by atoms with E-state index in [4.69, 9.17) is 11.6 Å². The molecule has 2 aromatic heterocycles. The van der Waals surface area contributed by atoms with Gasteiger partial charge in [-0.15, -0.1) is 0 Å². The molecular weight excluding hydrogens is 345 g/mol. The lowest BCUT2D eigenvalue weighted by atomic mass is 10.2. The zero-order valence-corrected chi connectivity index (χ0v) is 14.5. The number of rotatable bonds is 5. The third-order valence-electron chi connectivity index (χ3n) is 3.83. The molecule has 3 aromatic rings. The highest BCUT2D eigenvalue weighted by atomic mass is 35.5. The van der Waals surface area contributed by atoms with Gasteiger partial charge in [0.05, 0.1) is 6.54 Å². The molecule has 0 aliphatic rings. The van der Waals surface area contributed by atoms with Gasteiger partial charge in [0.2, 0.25) is 5.91 Å². The Hall–Kier alpha value is -2.67. The maximum atomic E-state index is 13.0. The number of anilines is 1. The molecule has 0 fully saturated rings. The van der Waals surface area contributed by atoms with Crippen LogP contribution < -0.4 is 5.32 Å². The Morgan fingerprint density at radius 2 is 2.04 bits per heavy atom. The summed E-state index contributed by atoms with van der Waals surface area (Å²) in [4.78, 5) is 12.4. The van der Waals surface area contributed by atoms with Crippen molar-refractivity contribution in [1.29, 1.82) is 0 Å². The quantitative estimate of drug-likeness (QED) is 0.757. The highest BCUT2D eigenvalue weighted by Crippen LogP contribution is 2.21. The Morgan fingerprint density at radius 3 is 2.68 bits per heavy atom. The molecule has 2 heterocycles. The topological polar surface area (TPSA) is 64.7 Å². The number of hydrogen-bond acceptors (Lipinski definition) is 3. The van der Waals surface area contributed by atoms with Gasteiger partial charge in [0.15, 0.2) is 5.82 Å². The van der Waals surface area contributed by atoms with Crippen molar-refractivity contribution < 1.29 is 9.18 Å². The third kappa shape index (κ3) is 3.88. The Labute approximate surface area is 149 Å². The molecule has 1 atom stereocenters. The minimum atomic E-state index is -0.492. The fraction of sp³-hybridized carbons (Fsp3) is 0.235. The molecule has 1 aromatic carbocycles. The smallest absolute Gasteiger partial charge is 0.250 e. The SMILES string of the molecule is Cc1ccnn1C(C)C(=O)Nc1nn(Cc2ccc(F)cc2)cc1Cl. The number of aromatic nitrogens is 4. The molecule has 0 saturated heterocycles. The van der Waals surface area contributed by atoms with Gasteiger partial charge in [0.1, 0.15) is 16.9 Å². The summed E-state index contributed by atoms with van der Waals surface area (Å²) in [7, 11) is 0. The van der Waals surface area contributed by atoms with Gasteiger partial charge in [-0.1, -0.05) is 23.7 Å². The minimum absolute atomic E-state index is 0.263. The fourth-order valence-corrected chi connectivity index (χ4v) is 2.66. The van der Waals surface area contributed by atoms with Crippen LogP contribution in [-0.2, 0) is 11.3 Å². The van der Waals surface area contributed by atoms with Gasteiger partial charge >= 0.3 is 0 Å². The van der Waals surface area contributed by atoms with E-state index in [9.17, 15) is 9.18 Å². The Bertz CT molecular complexity index is 887. The molecule has 3 rings (SSSR count). The second-order valence-electron chi connectivity index (χ2n) is 5.73. The summed E-state index contributed by atoms with van der Waals surface area (Å²) in [6, 6.07) is 7.45. The Morgan fingerprint density at radius 1 is 1.32 bits per heavy atom. The number of hydrogen-bond donors (Lipinski definition) is 1. The van der Waals surface area contributed by atoms with Gasteiger partial charge in [0.25, 0.3) is 0 Å². The first-order chi connectivity index (χ1) is 11.9. The number of benzene rings is 1. The highest BCUT2D eigenvalue weighted by Gasteiger charge is 2.19. The molecule has 0 radical (unpaired) electrons. The monoisotopic (exact) mass is 361 g/mol. The summed E-state index contributed by atoms with van der Waals surface area (Å²) in [5.41, 5.74) is 1.76. The van der Waals surface area contributed by atoms with E-state index in [0.717, 1.165) is 11.3 Å². The largest absolute Gasteiger partial charge is 0.306 e. The van der Waals surface area contributed by atoms with Crippen LogP contribution >= 0.6 is 11.6 Å². The molecule has 25 heavy (non-hydrogen) atoms. The lowest BCUT2D eigenvalue weighted by molar-refractivity contribution is -0.119. The number of carbonyl (C=O) groups excluding carboxylic acids is 1. The molecular formula is C17H17ClFN5O. The zero-order chi connectivity index (χ0) is 18.0. The molecule has 0 spiro atoms. The van der Waals surface area contributed by atoms with Crippen molar-refractivity contribution in [3.8, 4) is 0 Å². The number of aryl methyl sites for hydroxylation is 1. The Kier molecular flexibility index (Phi) is 4.85. The summed E-state index contributed by atoms with van der Waals surface area (Å²) in [6.07, 6.45) is 3.26. The Balaban J connectivity index is 1.71. The van der Waals surface area contributed by atoms with Crippen LogP contribution in [0.1, 0.15) is 24.2 Å². The first-order valence-corrected chi connectivity index (χ1v) is 8.10. The van der Waals surface area contributed by atoms with Crippen LogP contribution in [0.4, 0.5) is 10.2 Å². The van der Waals surface area contributed by atoms with E-state index in [1.54, 1.807) is 40.8 Å². The average molecular weight is 362 g/mol. The lowest BCUT2D eigenvalue weighted by Gasteiger charge is -2.13.